The van der Waals surface area contributed by atoms with Gasteiger partial charge >= 0.3 is 29.6 Å². The quantitative estimate of drug-likeness (QED) is 0.304. The van der Waals surface area contributed by atoms with Gasteiger partial charge in [-0.15, -0.1) is 5.10 Å². The van der Waals surface area contributed by atoms with Crippen LogP contribution in [0.5, 0.6) is 0 Å². The Labute approximate surface area is 117 Å². The van der Waals surface area contributed by atoms with Gasteiger partial charge in [0.2, 0.25) is 0 Å². The van der Waals surface area contributed by atoms with Gasteiger partial charge in [-0.25, -0.2) is 0 Å². The van der Waals surface area contributed by atoms with Crippen LogP contribution in [0.4, 0.5) is 5.69 Å². The van der Waals surface area contributed by atoms with Crippen molar-refractivity contribution < 1.29 is 31.0 Å². The van der Waals surface area contributed by atoms with Gasteiger partial charge in [0, 0.05) is 0 Å². The van der Waals surface area contributed by atoms with Crippen LogP contribution in [0, 0.1) is 0 Å². The standard InChI is InChI=1S/C8H7N3S2.Na.H/c9-8(13)11(10-6-12)7-4-2-1-3-5-7;;/h1-5H,(H2,9,13);;/q;+1;-1. The predicted octanol–water partition coefficient (Wildman–Crippen LogP) is -1.13. The summed E-state index contributed by atoms with van der Waals surface area (Å²) in [5.74, 6) is 0. The molecule has 0 aliphatic heterocycles. The summed E-state index contributed by atoms with van der Waals surface area (Å²) in [7, 11) is 0. The number of benzene rings is 1. The normalized spacial score (nSPS) is 8.00. The average Bonchev–Trinajstić information content (AvgIpc) is 2.15. The van der Waals surface area contributed by atoms with Crippen LogP contribution < -0.4 is 40.3 Å². The fourth-order valence-corrected chi connectivity index (χ4v) is 1.07. The van der Waals surface area contributed by atoms with E-state index < -0.39 is 0 Å². The van der Waals surface area contributed by atoms with Gasteiger partial charge in [0.1, 0.15) is 0 Å². The van der Waals surface area contributed by atoms with Crippen molar-refractivity contribution in [1.29, 1.82) is 0 Å². The number of para-hydroxylation sites is 1. The first-order chi connectivity index (χ1) is 6.25. The van der Waals surface area contributed by atoms with E-state index in [1.165, 1.54) is 5.01 Å². The SMILES string of the molecule is NC(=S)N(N=C=S)c1ccccc1.[H-].[Na+]. The average molecular weight is 233 g/mol. The number of thiocarbonyl (C=S) groups is 2. The van der Waals surface area contributed by atoms with Crippen LogP contribution in [-0.4, -0.2) is 10.3 Å². The molecule has 2 N–H and O–H groups in total. The van der Waals surface area contributed by atoms with E-state index in [1.807, 2.05) is 30.3 Å². The first kappa shape index (κ1) is 13.7. The van der Waals surface area contributed by atoms with Gasteiger partial charge in [-0.05, 0) is 36.6 Å². The van der Waals surface area contributed by atoms with E-state index in [1.54, 1.807) is 0 Å². The van der Waals surface area contributed by atoms with Gasteiger partial charge in [-0.3, -0.25) is 0 Å². The minimum Gasteiger partial charge on any atom is -1.00 e. The number of hydrogen-bond acceptors (Lipinski definition) is 3. The smallest absolute Gasteiger partial charge is 1.00 e. The molecule has 0 aliphatic carbocycles. The predicted molar refractivity (Wildman–Crippen MR) is 61.8 cm³/mol. The molecule has 0 fully saturated rings. The number of anilines is 1. The molecule has 6 heteroatoms. The zero-order valence-corrected chi connectivity index (χ0v) is 11.3. The van der Waals surface area contributed by atoms with Crippen LogP contribution >= 0.6 is 24.4 Å². The van der Waals surface area contributed by atoms with E-state index >= 15 is 0 Å². The first-order valence-corrected chi connectivity index (χ1v) is 4.29. The molecule has 3 nitrogen and oxygen atoms in total. The van der Waals surface area contributed by atoms with Crippen LogP contribution in [0.15, 0.2) is 35.4 Å². The second kappa shape index (κ2) is 7.06. The summed E-state index contributed by atoms with van der Waals surface area (Å²) >= 11 is 9.26. The molecule has 0 saturated heterocycles. The third-order valence-corrected chi connectivity index (χ3v) is 1.60. The second-order valence-electron chi connectivity index (χ2n) is 2.18. The maximum absolute atomic E-state index is 5.43. The van der Waals surface area contributed by atoms with Gasteiger partial charge in [0.25, 0.3) is 0 Å². The molecule has 0 aliphatic rings. The molecule has 0 atom stereocenters. The van der Waals surface area contributed by atoms with E-state index in [-0.39, 0.29) is 36.1 Å². The van der Waals surface area contributed by atoms with Crippen LogP contribution in [0.25, 0.3) is 0 Å². The monoisotopic (exact) mass is 233 g/mol. The molecule has 0 heterocycles. The van der Waals surface area contributed by atoms with Crippen molar-refractivity contribution in [2.24, 2.45) is 10.8 Å². The molecule has 1 aromatic rings. The van der Waals surface area contributed by atoms with Crippen molar-refractivity contribution in [2.45, 2.75) is 0 Å². The molecule has 0 spiro atoms. The van der Waals surface area contributed by atoms with Crippen molar-refractivity contribution >= 4 is 40.4 Å². The summed E-state index contributed by atoms with van der Waals surface area (Å²) in [6.45, 7) is 0. The van der Waals surface area contributed by atoms with Gasteiger partial charge < -0.3 is 7.16 Å². The minimum absolute atomic E-state index is 0. The molecule has 0 aromatic heterocycles. The van der Waals surface area contributed by atoms with Crippen molar-refractivity contribution in [1.82, 2.24) is 0 Å². The molecular weight excluding hydrogens is 225 g/mol. The Balaban J connectivity index is 0. The van der Waals surface area contributed by atoms with Crippen LogP contribution in [0.3, 0.4) is 0 Å². The number of hydrogen-bond donors (Lipinski definition) is 1. The number of nitrogens with two attached hydrogens (primary N) is 1. The number of nitrogens with zero attached hydrogens (tertiary/aromatic N) is 2. The number of isothiocyanates is 1. The zero-order valence-electron chi connectivity index (χ0n) is 8.68. The van der Waals surface area contributed by atoms with Gasteiger partial charge in [0.15, 0.2) is 5.11 Å². The minimum atomic E-state index is 0. The summed E-state index contributed by atoms with van der Waals surface area (Å²) in [5, 5.41) is 7.43. The Morgan fingerprint density at radius 2 is 2.00 bits per heavy atom. The molecule has 0 bridgehead atoms. The molecule has 14 heavy (non-hydrogen) atoms. The van der Waals surface area contributed by atoms with Gasteiger partial charge in [-0.1, -0.05) is 18.2 Å². The first-order valence-electron chi connectivity index (χ1n) is 3.48. The Kier molecular flexibility index (Phi) is 6.92. The maximum Gasteiger partial charge on any atom is 1.00 e. The number of rotatable bonds is 2. The summed E-state index contributed by atoms with van der Waals surface area (Å²) < 4.78 is 0. The van der Waals surface area contributed by atoms with Crippen LogP contribution in [-0.2, 0) is 0 Å². The fraction of sp³-hybridized carbons (Fsp3) is 0. The fourth-order valence-electron chi connectivity index (χ4n) is 0.844. The van der Waals surface area contributed by atoms with Crippen molar-refractivity contribution in [3.05, 3.63) is 30.3 Å². The third kappa shape index (κ3) is 3.84. The second-order valence-corrected chi connectivity index (χ2v) is 2.78. The van der Waals surface area contributed by atoms with E-state index in [0.717, 1.165) is 5.69 Å². The largest absolute Gasteiger partial charge is 1.00 e. The Morgan fingerprint density at radius 1 is 1.43 bits per heavy atom. The van der Waals surface area contributed by atoms with Crippen LogP contribution in [0.2, 0.25) is 0 Å². The van der Waals surface area contributed by atoms with Crippen LogP contribution in [0.1, 0.15) is 1.43 Å². The summed E-state index contributed by atoms with van der Waals surface area (Å²) in [6, 6.07) is 9.27. The Bertz CT molecular complexity index is 352. The maximum atomic E-state index is 5.43. The Morgan fingerprint density at radius 3 is 2.43 bits per heavy atom. The van der Waals surface area contributed by atoms with E-state index in [0.29, 0.717) is 0 Å². The summed E-state index contributed by atoms with van der Waals surface area (Å²) in [4.78, 5) is 0. The molecule has 68 valence electrons. The van der Waals surface area contributed by atoms with Crippen molar-refractivity contribution in [2.75, 3.05) is 5.01 Å². The molecule has 1 rings (SSSR count). The summed E-state index contributed by atoms with van der Waals surface area (Å²) in [6.07, 6.45) is 0. The molecule has 1 aromatic carbocycles. The molecule has 0 radical (unpaired) electrons. The van der Waals surface area contributed by atoms with E-state index in [9.17, 15) is 0 Å². The molecule has 0 amide bonds. The van der Waals surface area contributed by atoms with Crippen molar-refractivity contribution in [3.63, 3.8) is 0 Å². The van der Waals surface area contributed by atoms with Crippen molar-refractivity contribution in [3.8, 4) is 0 Å². The summed E-state index contributed by atoms with van der Waals surface area (Å²) in [5.41, 5.74) is 6.20. The van der Waals surface area contributed by atoms with E-state index in [2.05, 4.69) is 22.5 Å². The molecule has 0 saturated carbocycles. The zero-order chi connectivity index (χ0) is 9.68. The third-order valence-electron chi connectivity index (χ3n) is 1.35. The van der Waals surface area contributed by atoms with E-state index in [4.69, 9.17) is 18.0 Å². The molecule has 0 unspecified atom stereocenters. The molecular formula is C8H8N3NaS2. The Hall–Kier alpha value is -0.290. The van der Waals surface area contributed by atoms with Gasteiger partial charge in [-0.2, -0.15) is 5.01 Å². The van der Waals surface area contributed by atoms with Gasteiger partial charge in [0.05, 0.1) is 10.8 Å². The topological polar surface area (TPSA) is 41.6 Å². The number of hydrazone groups is 1.